The molecule has 0 aliphatic rings. The van der Waals surface area contributed by atoms with E-state index in [1.807, 2.05) is 55.5 Å². The summed E-state index contributed by atoms with van der Waals surface area (Å²) in [6.07, 6.45) is 0. The molecule has 0 radical (unpaired) electrons. The first kappa shape index (κ1) is 15.5. The van der Waals surface area contributed by atoms with Crippen LogP contribution < -0.4 is 10.6 Å². The number of carbonyl (C=O) groups is 1. The fourth-order valence-electron chi connectivity index (χ4n) is 2.11. The number of amides is 2. The highest BCUT2D eigenvalue weighted by Gasteiger charge is 2.10. The number of hydrogen-bond acceptors (Lipinski definition) is 3. The SMILES string of the molecule is Cc1cc(I)ccc1NC(=O)Nc1cc(-c2ccccc2)on1. The summed E-state index contributed by atoms with van der Waals surface area (Å²) in [4.78, 5) is 12.1. The molecule has 2 N–H and O–H groups in total. The van der Waals surface area contributed by atoms with Crippen molar-refractivity contribution in [3.8, 4) is 11.3 Å². The van der Waals surface area contributed by atoms with Crippen LogP contribution in [-0.2, 0) is 0 Å². The van der Waals surface area contributed by atoms with Gasteiger partial charge in [0.1, 0.15) is 0 Å². The molecule has 0 saturated carbocycles. The van der Waals surface area contributed by atoms with Crippen LogP contribution in [0.4, 0.5) is 16.3 Å². The molecule has 0 spiro atoms. The average Bonchev–Trinajstić information content (AvgIpc) is 2.99. The molecule has 1 heterocycles. The molecule has 3 rings (SSSR count). The fourth-order valence-corrected chi connectivity index (χ4v) is 2.76. The Bertz CT molecular complexity index is 831. The van der Waals surface area contributed by atoms with Crippen molar-refractivity contribution < 1.29 is 9.32 Å². The van der Waals surface area contributed by atoms with Crippen LogP contribution in [0.15, 0.2) is 59.1 Å². The van der Waals surface area contributed by atoms with Gasteiger partial charge in [-0.25, -0.2) is 4.79 Å². The third kappa shape index (κ3) is 3.89. The lowest BCUT2D eigenvalue weighted by Crippen LogP contribution is -2.20. The van der Waals surface area contributed by atoms with Crippen molar-refractivity contribution in [3.63, 3.8) is 0 Å². The summed E-state index contributed by atoms with van der Waals surface area (Å²) < 4.78 is 6.37. The van der Waals surface area contributed by atoms with E-state index in [-0.39, 0.29) is 6.03 Å². The van der Waals surface area contributed by atoms with Gasteiger partial charge in [-0.05, 0) is 53.3 Å². The Hall–Kier alpha value is -2.35. The van der Waals surface area contributed by atoms with Crippen LogP contribution in [0.25, 0.3) is 11.3 Å². The zero-order chi connectivity index (χ0) is 16.2. The number of urea groups is 1. The molecule has 3 aromatic rings. The number of carbonyl (C=O) groups excluding carboxylic acids is 1. The number of benzene rings is 2. The Morgan fingerprint density at radius 1 is 1.09 bits per heavy atom. The van der Waals surface area contributed by atoms with Gasteiger partial charge in [0.2, 0.25) is 0 Å². The van der Waals surface area contributed by atoms with Gasteiger partial charge in [-0.2, -0.15) is 0 Å². The average molecular weight is 419 g/mol. The van der Waals surface area contributed by atoms with E-state index in [9.17, 15) is 4.79 Å². The van der Waals surface area contributed by atoms with Crippen molar-refractivity contribution in [1.29, 1.82) is 0 Å². The lowest BCUT2D eigenvalue weighted by atomic mass is 10.2. The number of rotatable bonds is 3. The first-order valence-corrected chi connectivity index (χ1v) is 8.06. The molecule has 0 unspecified atom stereocenters. The molecule has 0 bridgehead atoms. The smallest absolute Gasteiger partial charge is 0.324 e. The van der Waals surface area contributed by atoms with E-state index >= 15 is 0 Å². The van der Waals surface area contributed by atoms with E-state index in [4.69, 9.17) is 4.52 Å². The second-order valence-electron chi connectivity index (χ2n) is 4.98. The van der Waals surface area contributed by atoms with Gasteiger partial charge in [-0.3, -0.25) is 5.32 Å². The predicted octanol–water partition coefficient (Wildman–Crippen LogP) is 4.90. The number of halogens is 1. The van der Waals surface area contributed by atoms with Crippen molar-refractivity contribution in [1.82, 2.24) is 5.16 Å². The van der Waals surface area contributed by atoms with Crippen LogP contribution in [0.1, 0.15) is 5.56 Å². The third-order valence-corrected chi connectivity index (χ3v) is 3.92. The summed E-state index contributed by atoms with van der Waals surface area (Å²) in [5.74, 6) is 0.968. The molecule has 0 aliphatic heterocycles. The molecule has 23 heavy (non-hydrogen) atoms. The molecule has 6 heteroatoms. The van der Waals surface area contributed by atoms with Crippen molar-refractivity contribution in [2.24, 2.45) is 0 Å². The molecule has 0 fully saturated rings. The number of hydrogen-bond donors (Lipinski definition) is 2. The van der Waals surface area contributed by atoms with Gasteiger partial charge >= 0.3 is 6.03 Å². The third-order valence-electron chi connectivity index (χ3n) is 3.25. The van der Waals surface area contributed by atoms with Gasteiger partial charge in [0.15, 0.2) is 11.6 Å². The van der Waals surface area contributed by atoms with E-state index in [0.29, 0.717) is 11.6 Å². The molecule has 116 valence electrons. The zero-order valence-corrected chi connectivity index (χ0v) is 14.5. The molecule has 2 amide bonds. The first-order chi connectivity index (χ1) is 11.1. The van der Waals surface area contributed by atoms with Gasteiger partial charge in [-0.15, -0.1) is 0 Å². The normalized spacial score (nSPS) is 10.3. The van der Waals surface area contributed by atoms with Crippen LogP contribution in [0.2, 0.25) is 0 Å². The summed E-state index contributed by atoms with van der Waals surface area (Å²) in [6, 6.07) is 16.7. The largest absolute Gasteiger partial charge is 0.354 e. The standard InChI is InChI=1S/C17H14IN3O2/c1-11-9-13(18)7-8-14(11)19-17(22)20-16-10-15(23-21-16)12-5-3-2-4-6-12/h2-10H,1H3,(H2,19,20,21,22). The van der Waals surface area contributed by atoms with Gasteiger partial charge in [-0.1, -0.05) is 35.5 Å². The number of aryl methyl sites for hydroxylation is 1. The number of nitrogens with zero attached hydrogens (tertiary/aromatic N) is 1. The summed E-state index contributed by atoms with van der Waals surface area (Å²) >= 11 is 2.23. The lowest BCUT2D eigenvalue weighted by Gasteiger charge is -2.08. The van der Waals surface area contributed by atoms with E-state index in [1.54, 1.807) is 6.07 Å². The van der Waals surface area contributed by atoms with Crippen LogP contribution in [0.3, 0.4) is 0 Å². The number of anilines is 2. The Kier molecular flexibility index (Phi) is 4.61. The van der Waals surface area contributed by atoms with Crippen LogP contribution in [0, 0.1) is 10.5 Å². The van der Waals surface area contributed by atoms with Crippen LogP contribution in [0.5, 0.6) is 0 Å². The van der Waals surface area contributed by atoms with Gasteiger partial charge < -0.3 is 9.84 Å². The van der Waals surface area contributed by atoms with Crippen molar-refractivity contribution in [2.75, 3.05) is 10.6 Å². The Morgan fingerprint density at radius 2 is 1.87 bits per heavy atom. The summed E-state index contributed by atoms with van der Waals surface area (Å²) in [6.45, 7) is 1.95. The maximum atomic E-state index is 12.1. The molecular formula is C17H14IN3O2. The maximum Gasteiger partial charge on any atom is 0.324 e. The van der Waals surface area contributed by atoms with E-state index in [1.165, 1.54) is 0 Å². The molecule has 1 aromatic heterocycles. The molecule has 0 atom stereocenters. The van der Waals surface area contributed by atoms with Gasteiger partial charge in [0.25, 0.3) is 0 Å². The Balaban J connectivity index is 1.68. The Labute approximate surface area is 147 Å². The van der Waals surface area contributed by atoms with E-state index in [0.717, 1.165) is 20.4 Å². The minimum atomic E-state index is -0.359. The Morgan fingerprint density at radius 3 is 2.61 bits per heavy atom. The quantitative estimate of drug-likeness (QED) is 0.594. The van der Waals surface area contributed by atoms with Crippen LogP contribution in [-0.4, -0.2) is 11.2 Å². The summed E-state index contributed by atoms with van der Waals surface area (Å²) in [5, 5.41) is 9.33. The monoisotopic (exact) mass is 419 g/mol. The van der Waals surface area contributed by atoms with Crippen molar-refractivity contribution in [3.05, 3.63) is 63.7 Å². The number of nitrogens with one attached hydrogen (secondary N) is 2. The first-order valence-electron chi connectivity index (χ1n) is 6.98. The minimum Gasteiger partial charge on any atom is -0.354 e. The highest BCUT2D eigenvalue weighted by molar-refractivity contribution is 14.1. The maximum absolute atomic E-state index is 12.1. The highest BCUT2D eigenvalue weighted by Crippen LogP contribution is 2.22. The highest BCUT2D eigenvalue weighted by atomic mass is 127. The molecular weight excluding hydrogens is 405 g/mol. The second kappa shape index (κ2) is 6.82. The van der Waals surface area contributed by atoms with Crippen molar-refractivity contribution >= 4 is 40.1 Å². The van der Waals surface area contributed by atoms with Gasteiger partial charge in [0, 0.05) is 20.9 Å². The zero-order valence-electron chi connectivity index (χ0n) is 12.3. The van der Waals surface area contributed by atoms with Crippen molar-refractivity contribution in [2.45, 2.75) is 6.92 Å². The minimum absolute atomic E-state index is 0.359. The van der Waals surface area contributed by atoms with Gasteiger partial charge in [0.05, 0.1) is 0 Å². The molecule has 0 saturated heterocycles. The van der Waals surface area contributed by atoms with Crippen LogP contribution >= 0.6 is 22.6 Å². The molecule has 5 nitrogen and oxygen atoms in total. The number of aromatic nitrogens is 1. The second-order valence-corrected chi connectivity index (χ2v) is 6.23. The molecule has 2 aromatic carbocycles. The summed E-state index contributed by atoms with van der Waals surface area (Å²) in [7, 11) is 0. The fraction of sp³-hybridized carbons (Fsp3) is 0.0588. The topological polar surface area (TPSA) is 67.2 Å². The summed E-state index contributed by atoms with van der Waals surface area (Å²) in [5.41, 5.74) is 2.66. The molecule has 0 aliphatic carbocycles. The van der Waals surface area contributed by atoms with E-state index in [2.05, 4.69) is 38.4 Å². The lowest BCUT2D eigenvalue weighted by molar-refractivity contribution is 0.262. The van der Waals surface area contributed by atoms with E-state index < -0.39 is 0 Å². The predicted molar refractivity (Wildman–Crippen MR) is 98.5 cm³/mol.